The van der Waals surface area contributed by atoms with Crippen molar-refractivity contribution in [2.75, 3.05) is 0 Å². The van der Waals surface area contributed by atoms with Gasteiger partial charge in [0.15, 0.2) is 0 Å². The molecule has 0 bridgehead atoms. The summed E-state index contributed by atoms with van der Waals surface area (Å²) < 4.78 is 1.61. The molecule has 1 unspecified atom stereocenters. The van der Waals surface area contributed by atoms with Crippen molar-refractivity contribution in [3.8, 4) is 0 Å². The van der Waals surface area contributed by atoms with Crippen LogP contribution in [0.25, 0.3) is 0 Å². The van der Waals surface area contributed by atoms with Crippen LogP contribution in [0.1, 0.15) is 28.5 Å². The van der Waals surface area contributed by atoms with E-state index in [0.29, 0.717) is 10.7 Å². The number of aliphatic hydroxyl groups is 1. The Labute approximate surface area is 106 Å². The molecule has 1 N–H and O–H groups in total. The Kier molecular flexibility index (Phi) is 3.22. The third-order valence-electron chi connectivity index (χ3n) is 3.14. The van der Waals surface area contributed by atoms with Crippen LogP contribution in [0.15, 0.2) is 24.4 Å². The summed E-state index contributed by atoms with van der Waals surface area (Å²) in [6.07, 6.45) is 0.806. The van der Waals surface area contributed by atoms with Gasteiger partial charge in [-0.1, -0.05) is 29.8 Å². The van der Waals surface area contributed by atoms with Gasteiger partial charge in [0.25, 0.3) is 0 Å². The van der Waals surface area contributed by atoms with Gasteiger partial charge in [-0.2, -0.15) is 5.10 Å². The summed E-state index contributed by atoms with van der Waals surface area (Å²) >= 11 is 6.04. The molecular weight excluding hydrogens is 236 g/mol. The molecule has 0 radical (unpaired) electrons. The molecule has 0 fully saturated rings. The third kappa shape index (κ3) is 2.08. The Bertz CT molecular complexity index is 529. The zero-order valence-corrected chi connectivity index (χ0v) is 10.9. The highest BCUT2D eigenvalue weighted by atomic mass is 35.5. The summed E-state index contributed by atoms with van der Waals surface area (Å²) in [4.78, 5) is 0. The Balaban J connectivity index is 2.51. The molecule has 0 spiro atoms. The van der Waals surface area contributed by atoms with Crippen LogP contribution in [0.5, 0.6) is 0 Å². The molecule has 0 aliphatic carbocycles. The maximum absolute atomic E-state index is 10.4. The number of halogens is 1. The van der Waals surface area contributed by atoms with Gasteiger partial charge in [-0.15, -0.1) is 0 Å². The van der Waals surface area contributed by atoms with Crippen LogP contribution in [0.2, 0.25) is 5.02 Å². The lowest BCUT2D eigenvalue weighted by Gasteiger charge is -2.16. The van der Waals surface area contributed by atoms with Crippen LogP contribution in [0.4, 0.5) is 0 Å². The van der Waals surface area contributed by atoms with Crippen LogP contribution in [-0.4, -0.2) is 14.9 Å². The fourth-order valence-electron chi connectivity index (χ4n) is 1.95. The zero-order valence-electron chi connectivity index (χ0n) is 10.1. The summed E-state index contributed by atoms with van der Waals surface area (Å²) in [5.74, 6) is 0. The van der Waals surface area contributed by atoms with Gasteiger partial charge in [-0.05, 0) is 30.5 Å². The summed E-state index contributed by atoms with van der Waals surface area (Å²) in [6.45, 7) is 4.02. The van der Waals surface area contributed by atoms with Gasteiger partial charge in [-0.25, -0.2) is 0 Å². The van der Waals surface area contributed by atoms with Gasteiger partial charge >= 0.3 is 0 Å². The summed E-state index contributed by atoms with van der Waals surface area (Å²) in [5, 5.41) is 14.9. The largest absolute Gasteiger partial charge is 0.382 e. The second-order valence-electron chi connectivity index (χ2n) is 4.19. The van der Waals surface area contributed by atoms with E-state index in [-0.39, 0.29) is 0 Å². The van der Waals surface area contributed by atoms with Crippen LogP contribution in [0.3, 0.4) is 0 Å². The molecule has 1 aromatic carbocycles. The maximum Gasteiger partial charge on any atom is 0.122 e. The lowest BCUT2D eigenvalue weighted by atomic mass is 9.97. The summed E-state index contributed by atoms with van der Waals surface area (Å²) in [5.41, 5.74) is 3.73. The summed E-state index contributed by atoms with van der Waals surface area (Å²) in [7, 11) is 1.77. The van der Waals surface area contributed by atoms with Gasteiger partial charge in [0.2, 0.25) is 0 Å². The number of hydrogen-bond acceptors (Lipinski definition) is 2. The predicted octanol–water partition coefficient (Wildman–Crippen LogP) is 2.77. The van der Waals surface area contributed by atoms with Gasteiger partial charge in [0.1, 0.15) is 6.10 Å². The van der Waals surface area contributed by atoms with E-state index in [0.717, 1.165) is 16.7 Å². The van der Waals surface area contributed by atoms with E-state index in [1.165, 1.54) is 0 Å². The molecule has 0 amide bonds. The van der Waals surface area contributed by atoms with Gasteiger partial charge < -0.3 is 5.11 Å². The van der Waals surface area contributed by atoms with E-state index < -0.39 is 6.10 Å². The average molecular weight is 251 g/mol. The van der Waals surface area contributed by atoms with Gasteiger partial charge in [-0.3, -0.25) is 4.68 Å². The Hall–Kier alpha value is -1.32. The smallest absolute Gasteiger partial charge is 0.122 e. The van der Waals surface area contributed by atoms with Crippen molar-refractivity contribution >= 4 is 11.6 Å². The Morgan fingerprint density at radius 1 is 1.35 bits per heavy atom. The number of nitrogens with zero attached hydrogens (tertiary/aromatic N) is 2. The van der Waals surface area contributed by atoms with Crippen LogP contribution >= 0.6 is 11.6 Å². The van der Waals surface area contributed by atoms with E-state index in [1.54, 1.807) is 17.9 Å². The fourth-order valence-corrected chi connectivity index (χ4v) is 2.21. The van der Waals surface area contributed by atoms with Crippen molar-refractivity contribution in [2.24, 2.45) is 7.05 Å². The molecule has 90 valence electrons. The standard InChI is InChI=1S/C13H15ClN2O/c1-8-5-4-6-10(9(8)2)13(17)12-11(14)7-15-16(12)3/h4-7,13,17H,1-3H3. The molecule has 0 saturated carbocycles. The molecule has 1 atom stereocenters. The second-order valence-corrected chi connectivity index (χ2v) is 4.60. The van der Waals surface area contributed by atoms with Crippen molar-refractivity contribution in [1.82, 2.24) is 9.78 Å². The van der Waals surface area contributed by atoms with Crippen LogP contribution in [-0.2, 0) is 7.05 Å². The number of aryl methyl sites for hydroxylation is 2. The van der Waals surface area contributed by atoms with E-state index >= 15 is 0 Å². The number of benzene rings is 1. The minimum absolute atomic E-state index is 0.487. The fraction of sp³-hybridized carbons (Fsp3) is 0.308. The molecule has 3 nitrogen and oxygen atoms in total. The Morgan fingerprint density at radius 2 is 2.06 bits per heavy atom. The minimum Gasteiger partial charge on any atom is -0.382 e. The van der Waals surface area contributed by atoms with Crippen LogP contribution in [0, 0.1) is 13.8 Å². The highest BCUT2D eigenvalue weighted by Gasteiger charge is 2.20. The monoisotopic (exact) mass is 250 g/mol. The van der Waals surface area contributed by atoms with E-state index in [9.17, 15) is 5.11 Å². The highest BCUT2D eigenvalue weighted by Crippen LogP contribution is 2.30. The molecule has 17 heavy (non-hydrogen) atoms. The molecule has 4 heteroatoms. The molecule has 0 aliphatic heterocycles. The number of aromatic nitrogens is 2. The van der Waals surface area contributed by atoms with E-state index in [4.69, 9.17) is 11.6 Å². The van der Waals surface area contributed by atoms with Crippen molar-refractivity contribution in [1.29, 1.82) is 0 Å². The molecule has 0 saturated heterocycles. The quantitative estimate of drug-likeness (QED) is 0.890. The Morgan fingerprint density at radius 3 is 2.65 bits per heavy atom. The van der Waals surface area contributed by atoms with Crippen molar-refractivity contribution in [3.63, 3.8) is 0 Å². The lowest BCUT2D eigenvalue weighted by Crippen LogP contribution is -2.09. The number of aliphatic hydroxyl groups excluding tert-OH is 1. The summed E-state index contributed by atoms with van der Waals surface area (Å²) in [6, 6.07) is 5.87. The maximum atomic E-state index is 10.4. The van der Waals surface area contributed by atoms with Crippen molar-refractivity contribution in [2.45, 2.75) is 20.0 Å². The SMILES string of the molecule is Cc1cccc(C(O)c2c(Cl)cnn2C)c1C. The molecule has 1 aromatic heterocycles. The predicted molar refractivity (Wildman–Crippen MR) is 68.2 cm³/mol. The number of rotatable bonds is 2. The lowest BCUT2D eigenvalue weighted by molar-refractivity contribution is 0.209. The van der Waals surface area contributed by atoms with Crippen molar-refractivity contribution < 1.29 is 5.11 Å². The van der Waals surface area contributed by atoms with Gasteiger partial charge in [0.05, 0.1) is 16.9 Å². The topological polar surface area (TPSA) is 38.1 Å². The first-order valence-corrected chi connectivity index (χ1v) is 5.81. The average Bonchev–Trinajstić information content (AvgIpc) is 2.62. The first kappa shape index (κ1) is 12.1. The normalized spacial score (nSPS) is 12.8. The van der Waals surface area contributed by atoms with Crippen molar-refractivity contribution in [3.05, 3.63) is 51.8 Å². The highest BCUT2D eigenvalue weighted by molar-refractivity contribution is 6.31. The molecule has 2 rings (SSSR count). The van der Waals surface area contributed by atoms with Gasteiger partial charge in [0, 0.05) is 7.05 Å². The molecular formula is C13H15ClN2O. The molecule has 0 aliphatic rings. The third-order valence-corrected chi connectivity index (χ3v) is 3.43. The zero-order chi connectivity index (χ0) is 12.6. The number of hydrogen-bond donors (Lipinski definition) is 1. The first-order valence-electron chi connectivity index (χ1n) is 5.44. The van der Waals surface area contributed by atoms with E-state index in [2.05, 4.69) is 5.10 Å². The minimum atomic E-state index is -0.741. The van der Waals surface area contributed by atoms with E-state index in [1.807, 2.05) is 32.0 Å². The second kappa shape index (κ2) is 4.51. The first-order chi connectivity index (χ1) is 8.02. The molecule has 2 aromatic rings. The van der Waals surface area contributed by atoms with Crippen LogP contribution < -0.4 is 0 Å². The molecule has 1 heterocycles.